The maximum atomic E-state index is 7.71. The second-order valence-electron chi connectivity index (χ2n) is 3.37. The monoisotopic (exact) mass is 220 g/mol. The van der Waals surface area contributed by atoms with Gasteiger partial charge in [0.15, 0.2) is 0 Å². The molecule has 0 saturated carbocycles. The molecule has 0 unspecified atom stereocenters. The minimum Gasteiger partial charge on any atom is -0.223 e. The van der Waals surface area contributed by atoms with E-state index < -0.39 is 0 Å². The molecule has 0 amide bonds. The van der Waals surface area contributed by atoms with Crippen molar-refractivity contribution in [1.29, 1.82) is 5.41 Å². The van der Waals surface area contributed by atoms with Crippen LogP contribution in [0, 0.1) is 5.41 Å². The van der Waals surface area contributed by atoms with Gasteiger partial charge >= 0.3 is 5.84 Å². The molecule has 76 valence electrons. The number of rotatable bonds is 1. The molecule has 0 fully saturated rings. The van der Waals surface area contributed by atoms with Crippen LogP contribution in [-0.4, -0.2) is 17.2 Å². The first-order valence-corrected chi connectivity index (χ1v) is 4.91. The van der Waals surface area contributed by atoms with Crippen molar-refractivity contribution in [2.24, 2.45) is 0 Å². The molecule has 0 saturated heterocycles. The highest BCUT2D eigenvalue weighted by molar-refractivity contribution is 6.32. The average molecular weight is 221 g/mol. The summed E-state index contributed by atoms with van der Waals surface area (Å²) in [5.41, 5.74) is 5.59. The van der Waals surface area contributed by atoms with Crippen molar-refractivity contribution in [3.05, 3.63) is 40.4 Å². The van der Waals surface area contributed by atoms with Crippen molar-refractivity contribution in [2.75, 3.05) is 0 Å². The van der Waals surface area contributed by atoms with Gasteiger partial charge in [-0.25, -0.2) is 5.43 Å². The van der Waals surface area contributed by atoms with Crippen LogP contribution in [0.4, 0.5) is 0 Å². The first-order valence-electron chi connectivity index (χ1n) is 4.53. The molecule has 0 bridgehead atoms. The van der Waals surface area contributed by atoms with E-state index in [-0.39, 0.29) is 0 Å². The number of hydrazone groups is 1. The van der Waals surface area contributed by atoms with Crippen molar-refractivity contribution < 1.29 is 4.68 Å². The normalized spacial score (nSPS) is 15.9. The van der Waals surface area contributed by atoms with Crippen LogP contribution in [0.25, 0.3) is 5.70 Å². The predicted molar refractivity (Wildman–Crippen MR) is 62.3 cm³/mol. The van der Waals surface area contributed by atoms with E-state index in [0.717, 1.165) is 16.8 Å². The molecule has 1 aliphatic heterocycles. The number of hydrogen-bond acceptors (Lipinski definition) is 2. The molecule has 1 heterocycles. The molecular formula is C11H11ClN3+. The van der Waals surface area contributed by atoms with E-state index in [2.05, 4.69) is 12.1 Å². The van der Waals surface area contributed by atoms with Gasteiger partial charge in [-0.05, 0) is 13.0 Å². The van der Waals surface area contributed by atoms with Gasteiger partial charge < -0.3 is 0 Å². The summed E-state index contributed by atoms with van der Waals surface area (Å²) in [7, 11) is 0. The molecular weight excluding hydrogens is 210 g/mol. The molecule has 3 nitrogen and oxygen atoms in total. The van der Waals surface area contributed by atoms with Gasteiger partial charge in [0.2, 0.25) is 0 Å². The standard InChI is InChI=1S/C11H11ClN3/c1-7-10(14-15(2)11(7)13)8-5-3-4-6-9(8)12/h3-6,13-14H,2H2,1H3/q+1. The summed E-state index contributed by atoms with van der Waals surface area (Å²) in [6, 6.07) is 7.54. The fourth-order valence-electron chi connectivity index (χ4n) is 1.52. The van der Waals surface area contributed by atoms with Crippen LogP contribution in [0.2, 0.25) is 5.02 Å². The van der Waals surface area contributed by atoms with Crippen LogP contribution < -0.4 is 5.43 Å². The number of hydrazine groups is 1. The van der Waals surface area contributed by atoms with Gasteiger partial charge in [-0.3, -0.25) is 0 Å². The molecule has 0 radical (unpaired) electrons. The van der Waals surface area contributed by atoms with Crippen molar-refractivity contribution in [3.63, 3.8) is 0 Å². The zero-order valence-electron chi connectivity index (χ0n) is 8.34. The number of halogens is 1. The zero-order valence-corrected chi connectivity index (χ0v) is 9.10. The second kappa shape index (κ2) is 3.51. The van der Waals surface area contributed by atoms with E-state index in [1.807, 2.05) is 31.2 Å². The summed E-state index contributed by atoms with van der Waals surface area (Å²) in [4.78, 5) is 0. The minimum absolute atomic E-state index is 0.366. The van der Waals surface area contributed by atoms with E-state index in [9.17, 15) is 0 Å². The Morgan fingerprint density at radius 3 is 2.60 bits per heavy atom. The fraction of sp³-hybridized carbons (Fsp3) is 0.0909. The van der Waals surface area contributed by atoms with Gasteiger partial charge in [-0.1, -0.05) is 35.2 Å². The van der Waals surface area contributed by atoms with Gasteiger partial charge in [-0.15, -0.1) is 4.68 Å². The van der Waals surface area contributed by atoms with E-state index in [0.29, 0.717) is 10.9 Å². The van der Waals surface area contributed by atoms with Crippen LogP contribution in [0.3, 0.4) is 0 Å². The predicted octanol–water partition coefficient (Wildman–Crippen LogP) is 2.28. The Morgan fingerprint density at radius 1 is 1.40 bits per heavy atom. The maximum Gasteiger partial charge on any atom is 0.342 e. The lowest BCUT2D eigenvalue weighted by Crippen LogP contribution is -2.23. The third-order valence-electron chi connectivity index (χ3n) is 2.39. The summed E-state index contributed by atoms with van der Waals surface area (Å²) >= 11 is 6.08. The molecule has 0 spiro atoms. The third kappa shape index (κ3) is 1.55. The summed E-state index contributed by atoms with van der Waals surface area (Å²) in [6.45, 7) is 5.56. The molecule has 2 rings (SSSR count). The van der Waals surface area contributed by atoms with E-state index in [1.165, 1.54) is 4.68 Å². The van der Waals surface area contributed by atoms with E-state index in [1.54, 1.807) is 0 Å². The maximum absolute atomic E-state index is 7.71. The van der Waals surface area contributed by atoms with Crippen LogP contribution in [0.15, 0.2) is 29.8 Å². The average Bonchev–Trinajstić information content (AvgIpc) is 2.47. The van der Waals surface area contributed by atoms with Crippen molar-refractivity contribution in [3.8, 4) is 0 Å². The summed E-state index contributed by atoms with van der Waals surface area (Å²) in [5, 5.41) is 8.38. The molecule has 0 aliphatic carbocycles. The highest BCUT2D eigenvalue weighted by Gasteiger charge is 2.27. The third-order valence-corrected chi connectivity index (χ3v) is 2.72. The van der Waals surface area contributed by atoms with Crippen LogP contribution >= 0.6 is 11.6 Å². The Kier molecular flexibility index (Phi) is 2.32. The van der Waals surface area contributed by atoms with E-state index in [4.69, 9.17) is 17.0 Å². The Morgan fingerprint density at radius 2 is 2.07 bits per heavy atom. The molecule has 1 aromatic rings. The summed E-state index contributed by atoms with van der Waals surface area (Å²) < 4.78 is 1.42. The molecule has 15 heavy (non-hydrogen) atoms. The van der Waals surface area contributed by atoms with Gasteiger partial charge in [0, 0.05) is 5.56 Å². The van der Waals surface area contributed by atoms with Crippen LogP contribution in [0.1, 0.15) is 12.5 Å². The Labute approximate surface area is 93.2 Å². The SMILES string of the molecule is C=[N+]1NC(c2ccccc2Cl)=C(C)C1=N. The molecule has 4 heteroatoms. The summed E-state index contributed by atoms with van der Waals surface area (Å²) in [6.07, 6.45) is 0. The van der Waals surface area contributed by atoms with Crippen LogP contribution in [-0.2, 0) is 0 Å². The largest absolute Gasteiger partial charge is 0.342 e. The number of nitrogens with one attached hydrogen (secondary N) is 2. The lowest BCUT2D eigenvalue weighted by molar-refractivity contribution is -0.445. The van der Waals surface area contributed by atoms with Crippen molar-refractivity contribution in [1.82, 2.24) is 5.43 Å². The smallest absolute Gasteiger partial charge is 0.223 e. The summed E-state index contributed by atoms with van der Waals surface area (Å²) in [5.74, 6) is 0.366. The van der Waals surface area contributed by atoms with Crippen LogP contribution in [0.5, 0.6) is 0 Å². The van der Waals surface area contributed by atoms with Gasteiger partial charge in [0.1, 0.15) is 0 Å². The van der Waals surface area contributed by atoms with Gasteiger partial charge in [0.05, 0.1) is 23.0 Å². The van der Waals surface area contributed by atoms with Crippen molar-refractivity contribution >= 4 is 29.9 Å². The number of benzene rings is 1. The highest BCUT2D eigenvalue weighted by Crippen LogP contribution is 2.27. The fourth-order valence-corrected chi connectivity index (χ4v) is 1.75. The molecule has 2 N–H and O–H groups in total. The number of nitrogens with zero attached hydrogens (tertiary/aromatic N) is 1. The topological polar surface area (TPSA) is 38.9 Å². The van der Waals surface area contributed by atoms with E-state index >= 15 is 0 Å². The number of amidine groups is 1. The van der Waals surface area contributed by atoms with Crippen molar-refractivity contribution in [2.45, 2.75) is 6.92 Å². The Balaban J connectivity index is 2.54. The second-order valence-corrected chi connectivity index (χ2v) is 3.78. The zero-order chi connectivity index (χ0) is 11.0. The lowest BCUT2D eigenvalue weighted by Gasteiger charge is -2.04. The Bertz CT molecular complexity index is 488. The quantitative estimate of drug-likeness (QED) is 0.701. The molecule has 0 atom stereocenters. The highest BCUT2D eigenvalue weighted by atomic mass is 35.5. The van der Waals surface area contributed by atoms with Gasteiger partial charge in [0.25, 0.3) is 0 Å². The first kappa shape index (κ1) is 9.93. The number of hydrogen-bond donors (Lipinski definition) is 2. The molecule has 1 aromatic carbocycles. The lowest BCUT2D eigenvalue weighted by atomic mass is 10.1. The molecule has 0 aromatic heterocycles. The van der Waals surface area contributed by atoms with Gasteiger partial charge in [-0.2, -0.15) is 0 Å². The Hall–Kier alpha value is -1.61. The first-order chi connectivity index (χ1) is 7.11. The molecule has 1 aliphatic rings. The minimum atomic E-state index is 0.366.